The van der Waals surface area contributed by atoms with E-state index in [4.69, 9.17) is 0 Å². The molecule has 0 saturated heterocycles. The topological polar surface area (TPSA) is 77.1 Å². The third kappa shape index (κ3) is 4.94. The van der Waals surface area contributed by atoms with Crippen molar-refractivity contribution in [3.8, 4) is 0 Å². The molecule has 1 aromatic heterocycles. The lowest BCUT2D eigenvalue weighted by molar-refractivity contribution is -0.138. The van der Waals surface area contributed by atoms with Gasteiger partial charge in [-0.25, -0.2) is 9.18 Å². The van der Waals surface area contributed by atoms with Crippen molar-refractivity contribution in [2.24, 2.45) is 0 Å². The van der Waals surface area contributed by atoms with E-state index in [2.05, 4.69) is 9.68 Å². The second kappa shape index (κ2) is 6.63. The van der Waals surface area contributed by atoms with Crippen LogP contribution in [0.2, 0.25) is 0 Å². The third-order valence-corrected chi connectivity index (χ3v) is 2.82. The summed E-state index contributed by atoms with van der Waals surface area (Å²) in [6.45, 7) is -2.16. The van der Waals surface area contributed by atoms with Crippen LogP contribution in [0.5, 0.6) is 0 Å². The molecule has 0 aliphatic carbocycles. The average molecular weight is 333 g/mol. The first-order chi connectivity index (χ1) is 10.7. The number of aromatic nitrogens is 2. The first-order valence-corrected chi connectivity index (χ1v) is 6.38. The van der Waals surface area contributed by atoms with Gasteiger partial charge in [0.05, 0.1) is 0 Å². The van der Waals surface area contributed by atoms with Crippen LogP contribution in [0.4, 0.5) is 17.6 Å². The maximum atomic E-state index is 12.8. The predicted molar refractivity (Wildman–Crippen MR) is 69.0 cm³/mol. The highest BCUT2D eigenvalue weighted by Gasteiger charge is 2.28. The number of hydrogen-bond donors (Lipinski definition) is 1. The van der Waals surface area contributed by atoms with Gasteiger partial charge in [-0.3, -0.25) is 13.9 Å². The van der Waals surface area contributed by atoms with Gasteiger partial charge in [-0.2, -0.15) is 13.2 Å². The van der Waals surface area contributed by atoms with Gasteiger partial charge in [-0.15, -0.1) is 0 Å². The second-order valence-electron chi connectivity index (χ2n) is 4.65. The predicted octanol–water partition coefficient (Wildman–Crippen LogP) is 1.24. The van der Waals surface area contributed by atoms with Crippen molar-refractivity contribution in [1.29, 1.82) is 0 Å². The summed E-state index contributed by atoms with van der Waals surface area (Å²) in [5, 5.41) is 5.12. The van der Waals surface area contributed by atoms with Crippen LogP contribution in [0, 0.1) is 5.82 Å². The van der Waals surface area contributed by atoms with Crippen LogP contribution in [-0.4, -0.2) is 28.4 Å². The Labute approximate surface area is 126 Å². The van der Waals surface area contributed by atoms with Crippen molar-refractivity contribution in [3.05, 3.63) is 52.0 Å². The molecule has 0 atom stereocenters. The Morgan fingerprint density at radius 2 is 1.91 bits per heavy atom. The van der Waals surface area contributed by atoms with Crippen LogP contribution in [0.15, 0.2) is 33.6 Å². The van der Waals surface area contributed by atoms with Gasteiger partial charge in [-0.05, 0) is 17.7 Å². The zero-order chi connectivity index (χ0) is 17.0. The SMILES string of the molecule is O=C(Cn1c(Cc2ccc(F)cc2)noc1=O)NCC(F)(F)F. The molecule has 2 rings (SSSR count). The molecule has 0 aliphatic rings. The normalized spacial score (nSPS) is 11.5. The fourth-order valence-corrected chi connectivity index (χ4v) is 1.76. The smallest absolute Gasteiger partial charge is 0.345 e. The molecule has 2 aromatic rings. The minimum Gasteiger partial charge on any atom is -0.345 e. The lowest BCUT2D eigenvalue weighted by atomic mass is 10.1. The number of halogens is 4. The molecule has 10 heteroatoms. The highest BCUT2D eigenvalue weighted by molar-refractivity contribution is 5.75. The molecule has 0 bridgehead atoms. The molecular formula is C13H11F4N3O3. The third-order valence-electron chi connectivity index (χ3n) is 2.82. The first kappa shape index (κ1) is 16.7. The summed E-state index contributed by atoms with van der Waals surface area (Å²) in [5.74, 6) is -2.38. The molecule has 0 saturated carbocycles. The van der Waals surface area contributed by atoms with E-state index in [1.165, 1.54) is 24.3 Å². The number of nitrogens with one attached hydrogen (secondary N) is 1. The molecule has 0 radical (unpaired) electrons. The monoisotopic (exact) mass is 333 g/mol. The Bertz CT molecular complexity index is 734. The van der Waals surface area contributed by atoms with Crippen LogP contribution in [0.25, 0.3) is 0 Å². The van der Waals surface area contributed by atoms with Gasteiger partial charge in [0.2, 0.25) is 5.91 Å². The number of benzene rings is 1. The van der Waals surface area contributed by atoms with Crippen molar-refractivity contribution in [2.75, 3.05) is 6.54 Å². The summed E-state index contributed by atoms with van der Waals surface area (Å²) >= 11 is 0. The molecule has 0 aliphatic heterocycles. The second-order valence-corrected chi connectivity index (χ2v) is 4.65. The van der Waals surface area contributed by atoms with Gasteiger partial charge >= 0.3 is 11.9 Å². The molecule has 1 amide bonds. The molecule has 1 aromatic carbocycles. The van der Waals surface area contributed by atoms with Gasteiger partial charge in [0.1, 0.15) is 18.9 Å². The zero-order valence-corrected chi connectivity index (χ0v) is 11.6. The molecular weight excluding hydrogens is 322 g/mol. The van der Waals surface area contributed by atoms with E-state index in [0.717, 1.165) is 4.57 Å². The Morgan fingerprint density at radius 1 is 1.26 bits per heavy atom. The van der Waals surface area contributed by atoms with Crippen LogP contribution in [0.3, 0.4) is 0 Å². The zero-order valence-electron chi connectivity index (χ0n) is 11.6. The molecule has 1 heterocycles. The Kier molecular flexibility index (Phi) is 4.82. The highest BCUT2D eigenvalue weighted by Crippen LogP contribution is 2.12. The summed E-state index contributed by atoms with van der Waals surface area (Å²) in [6.07, 6.45) is -4.50. The molecule has 0 spiro atoms. The van der Waals surface area contributed by atoms with E-state index in [0.29, 0.717) is 5.56 Å². The standard InChI is InChI=1S/C13H11F4N3O3/c14-9-3-1-8(2-4-9)5-10-19-23-12(22)20(10)6-11(21)18-7-13(15,16)17/h1-4H,5-7H2,(H,18,21). The van der Waals surface area contributed by atoms with E-state index in [9.17, 15) is 27.2 Å². The first-order valence-electron chi connectivity index (χ1n) is 6.38. The average Bonchev–Trinajstić information content (AvgIpc) is 2.80. The van der Waals surface area contributed by atoms with E-state index in [1.54, 1.807) is 5.32 Å². The summed E-state index contributed by atoms with van der Waals surface area (Å²) in [4.78, 5) is 23.0. The van der Waals surface area contributed by atoms with Crippen LogP contribution < -0.4 is 11.1 Å². The molecule has 1 N–H and O–H groups in total. The van der Waals surface area contributed by atoms with Crippen molar-refractivity contribution in [2.45, 2.75) is 19.1 Å². The van der Waals surface area contributed by atoms with Crippen molar-refractivity contribution in [3.63, 3.8) is 0 Å². The van der Waals surface area contributed by atoms with E-state index in [1.807, 2.05) is 0 Å². The highest BCUT2D eigenvalue weighted by atomic mass is 19.4. The number of rotatable bonds is 5. The van der Waals surface area contributed by atoms with Gasteiger partial charge in [0.15, 0.2) is 5.82 Å². The van der Waals surface area contributed by atoms with Gasteiger partial charge in [-0.1, -0.05) is 17.3 Å². The molecule has 124 valence electrons. The summed E-state index contributed by atoms with van der Waals surface area (Å²) in [5.41, 5.74) is 0.587. The Hall–Kier alpha value is -2.65. The lowest BCUT2D eigenvalue weighted by Crippen LogP contribution is -2.37. The van der Waals surface area contributed by atoms with Gasteiger partial charge in [0.25, 0.3) is 0 Å². The van der Waals surface area contributed by atoms with Crippen LogP contribution in [0.1, 0.15) is 11.4 Å². The van der Waals surface area contributed by atoms with Crippen LogP contribution >= 0.6 is 0 Å². The molecule has 0 unspecified atom stereocenters. The van der Waals surface area contributed by atoms with Crippen molar-refractivity contribution < 1.29 is 26.9 Å². The van der Waals surface area contributed by atoms with Gasteiger partial charge in [0, 0.05) is 6.42 Å². The summed E-state index contributed by atoms with van der Waals surface area (Å²) in [6, 6.07) is 5.30. The van der Waals surface area contributed by atoms with Crippen molar-refractivity contribution in [1.82, 2.24) is 15.0 Å². The number of amides is 1. The minimum atomic E-state index is -4.55. The largest absolute Gasteiger partial charge is 0.442 e. The number of hydrogen-bond acceptors (Lipinski definition) is 4. The number of carbonyl (C=O) groups excluding carboxylic acids is 1. The van der Waals surface area contributed by atoms with E-state index >= 15 is 0 Å². The van der Waals surface area contributed by atoms with E-state index in [-0.39, 0.29) is 12.2 Å². The molecule has 0 fully saturated rings. The van der Waals surface area contributed by atoms with Crippen molar-refractivity contribution >= 4 is 5.91 Å². The minimum absolute atomic E-state index is 0.0452. The quantitative estimate of drug-likeness (QED) is 0.836. The summed E-state index contributed by atoms with van der Waals surface area (Å²) in [7, 11) is 0. The Morgan fingerprint density at radius 3 is 2.52 bits per heavy atom. The number of carbonyl (C=O) groups is 1. The summed E-state index contributed by atoms with van der Waals surface area (Å²) < 4.78 is 54.1. The maximum absolute atomic E-state index is 12.8. The van der Waals surface area contributed by atoms with E-state index < -0.39 is 36.7 Å². The fourth-order valence-electron chi connectivity index (χ4n) is 1.76. The number of nitrogens with zero attached hydrogens (tertiary/aromatic N) is 2. The maximum Gasteiger partial charge on any atom is 0.442 e. The van der Waals surface area contributed by atoms with Gasteiger partial charge < -0.3 is 5.32 Å². The van der Waals surface area contributed by atoms with Crippen LogP contribution in [-0.2, 0) is 17.8 Å². The Balaban J connectivity index is 2.08. The number of alkyl halides is 3. The fraction of sp³-hybridized carbons (Fsp3) is 0.308. The molecule has 23 heavy (non-hydrogen) atoms. The lowest BCUT2D eigenvalue weighted by Gasteiger charge is -2.09. The molecule has 6 nitrogen and oxygen atoms in total.